The Balaban J connectivity index is 2.26. The van der Waals surface area contributed by atoms with Crippen LogP contribution in [-0.2, 0) is 0 Å². The van der Waals surface area contributed by atoms with Crippen LogP contribution in [0, 0.1) is 6.92 Å². The second-order valence-corrected chi connectivity index (χ2v) is 6.07. The molecule has 0 spiro atoms. The third kappa shape index (κ3) is 2.89. The van der Waals surface area contributed by atoms with Gasteiger partial charge in [-0.1, -0.05) is 29.8 Å². The number of hydrogen-bond donors (Lipinski definition) is 1. The van der Waals surface area contributed by atoms with E-state index in [4.69, 9.17) is 0 Å². The summed E-state index contributed by atoms with van der Waals surface area (Å²) < 4.78 is 1.17. The third-order valence-electron chi connectivity index (χ3n) is 3.93. The predicted octanol–water partition coefficient (Wildman–Crippen LogP) is 3.72. The number of hydrogen-bond acceptors (Lipinski definition) is 2. The van der Waals surface area contributed by atoms with Crippen molar-refractivity contribution >= 4 is 21.6 Å². The Morgan fingerprint density at radius 2 is 2.11 bits per heavy atom. The van der Waals surface area contributed by atoms with Gasteiger partial charge in [0.1, 0.15) is 0 Å². The van der Waals surface area contributed by atoms with Gasteiger partial charge in [-0.3, -0.25) is 0 Å². The lowest BCUT2D eigenvalue weighted by molar-refractivity contribution is 0.378. The molecule has 1 aliphatic rings. The van der Waals surface area contributed by atoms with Gasteiger partial charge in [-0.25, -0.2) is 0 Å². The number of nitrogens with zero attached hydrogens (tertiary/aromatic N) is 1. The highest BCUT2D eigenvalue weighted by Crippen LogP contribution is 2.28. The molecule has 1 saturated heterocycles. The number of rotatable bonds is 3. The minimum atomic E-state index is 0.618. The summed E-state index contributed by atoms with van der Waals surface area (Å²) in [5.74, 6) is 0. The maximum Gasteiger partial charge on any atom is 0.0412 e. The standard InChI is InChI=1S/C15H23BrN2/c1-4-13-10-18(14(5-2)9-17-13)15-7-6-12(16)8-11(15)3/h6-8,13-14,17H,4-5,9-10H2,1-3H3. The van der Waals surface area contributed by atoms with Crippen LogP contribution in [-0.4, -0.2) is 25.2 Å². The Hall–Kier alpha value is -0.540. The molecule has 2 rings (SSSR count). The Bertz CT molecular complexity index is 405. The van der Waals surface area contributed by atoms with Gasteiger partial charge in [0.05, 0.1) is 0 Å². The van der Waals surface area contributed by atoms with Crippen LogP contribution in [0.3, 0.4) is 0 Å². The van der Waals surface area contributed by atoms with Gasteiger partial charge in [0.15, 0.2) is 0 Å². The Morgan fingerprint density at radius 3 is 2.72 bits per heavy atom. The quantitative estimate of drug-likeness (QED) is 0.915. The molecule has 0 aliphatic carbocycles. The minimum absolute atomic E-state index is 0.618. The maximum absolute atomic E-state index is 3.65. The number of nitrogens with one attached hydrogen (secondary N) is 1. The number of benzene rings is 1. The molecule has 0 bridgehead atoms. The summed E-state index contributed by atoms with van der Waals surface area (Å²) in [6.07, 6.45) is 2.39. The summed E-state index contributed by atoms with van der Waals surface area (Å²) in [7, 11) is 0. The topological polar surface area (TPSA) is 15.3 Å². The number of halogens is 1. The smallest absolute Gasteiger partial charge is 0.0412 e. The first-order chi connectivity index (χ1) is 8.65. The van der Waals surface area contributed by atoms with E-state index in [-0.39, 0.29) is 0 Å². The van der Waals surface area contributed by atoms with Crippen molar-refractivity contribution in [2.45, 2.75) is 45.7 Å². The average Bonchev–Trinajstić information content (AvgIpc) is 2.38. The molecule has 0 aromatic heterocycles. The molecule has 1 heterocycles. The van der Waals surface area contributed by atoms with Crippen molar-refractivity contribution in [3.05, 3.63) is 28.2 Å². The van der Waals surface area contributed by atoms with E-state index >= 15 is 0 Å². The van der Waals surface area contributed by atoms with Gasteiger partial charge in [0.25, 0.3) is 0 Å². The van der Waals surface area contributed by atoms with Crippen LogP contribution in [0.15, 0.2) is 22.7 Å². The molecule has 18 heavy (non-hydrogen) atoms. The fourth-order valence-electron chi connectivity index (χ4n) is 2.74. The lowest BCUT2D eigenvalue weighted by atomic mass is 10.0. The number of aryl methyl sites for hydroxylation is 1. The third-order valence-corrected chi connectivity index (χ3v) is 4.43. The molecule has 2 unspecified atom stereocenters. The molecule has 1 aromatic carbocycles. The fraction of sp³-hybridized carbons (Fsp3) is 0.600. The summed E-state index contributed by atoms with van der Waals surface area (Å²) in [4.78, 5) is 2.59. The van der Waals surface area contributed by atoms with Crippen molar-refractivity contribution in [3.8, 4) is 0 Å². The Labute approximate surface area is 119 Å². The van der Waals surface area contributed by atoms with Gasteiger partial charge in [-0.2, -0.15) is 0 Å². The van der Waals surface area contributed by atoms with E-state index in [1.165, 1.54) is 28.6 Å². The molecule has 2 atom stereocenters. The van der Waals surface area contributed by atoms with Crippen LogP contribution in [0.25, 0.3) is 0 Å². The van der Waals surface area contributed by atoms with E-state index in [2.05, 4.69) is 65.1 Å². The summed E-state index contributed by atoms with van der Waals surface area (Å²) in [5.41, 5.74) is 2.75. The minimum Gasteiger partial charge on any atom is -0.366 e. The van der Waals surface area contributed by atoms with Crippen molar-refractivity contribution in [2.24, 2.45) is 0 Å². The molecule has 1 N–H and O–H groups in total. The predicted molar refractivity (Wildman–Crippen MR) is 82.4 cm³/mol. The van der Waals surface area contributed by atoms with Crippen LogP contribution < -0.4 is 10.2 Å². The molecule has 0 saturated carbocycles. The van der Waals surface area contributed by atoms with Crippen LogP contribution in [0.4, 0.5) is 5.69 Å². The fourth-order valence-corrected chi connectivity index (χ4v) is 3.21. The lowest BCUT2D eigenvalue weighted by Crippen LogP contribution is -2.56. The second-order valence-electron chi connectivity index (χ2n) is 5.16. The van der Waals surface area contributed by atoms with Gasteiger partial charge in [0.2, 0.25) is 0 Å². The summed E-state index contributed by atoms with van der Waals surface area (Å²) >= 11 is 3.55. The molecular formula is C15H23BrN2. The van der Waals surface area contributed by atoms with Crippen molar-refractivity contribution in [2.75, 3.05) is 18.0 Å². The molecule has 3 heteroatoms. The van der Waals surface area contributed by atoms with E-state index in [1.807, 2.05) is 0 Å². The molecule has 1 fully saturated rings. The summed E-state index contributed by atoms with van der Waals surface area (Å²) in [6, 6.07) is 7.85. The van der Waals surface area contributed by atoms with Gasteiger partial charge < -0.3 is 10.2 Å². The Morgan fingerprint density at radius 1 is 1.33 bits per heavy atom. The first-order valence-corrected chi connectivity index (χ1v) is 7.71. The van der Waals surface area contributed by atoms with E-state index < -0.39 is 0 Å². The van der Waals surface area contributed by atoms with Gasteiger partial charge >= 0.3 is 0 Å². The molecule has 1 aromatic rings. The highest BCUT2D eigenvalue weighted by Gasteiger charge is 2.26. The van der Waals surface area contributed by atoms with E-state index in [9.17, 15) is 0 Å². The zero-order valence-corrected chi connectivity index (χ0v) is 13.1. The average molecular weight is 311 g/mol. The van der Waals surface area contributed by atoms with E-state index in [0.29, 0.717) is 12.1 Å². The van der Waals surface area contributed by atoms with Crippen molar-refractivity contribution in [1.82, 2.24) is 5.32 Å². The molecule has 1 aliphatic heterocycles. The maximum atomic E-state index is 3.65. The normalized spacial score (nSPS) is 24.3. The van der Waals surface area contributed by atoms with E-state index in [1.54, 1.807) is 0 Å². The molecule has 100 valence electrons. The molecule has 0 radical (unpaired) electrons. The molecule has 2 nitrogen and oxygen atoms in total. The summed E-state index contributed by atoms with van der Waals surface area (Å²) in [6.45, 7) is 8.97. The van der Waals surface area contributed by atoms with Crippen molar-refractivity contribution in [1.29, 1.82) is 0 Å². The lowest BCUT2D eigenvalue weighted by Gasteiger charge is -2.42. The Kier molecular flexibility index (Phi) is 4.68. The van der Waals surface area contributed by atoms with E-state index in [0.717, 1.165) is 13.1 Å². The van der Waals surface area contributed by atoms with Gasteiger partial charge in [-0.05, 0) is 43.5 Å². The number of piperazine rings is 1. The van der Waals surface area contributed by atoms with Gasteiger partial charge in [0, 0.05) is 35.3 Å². The van der Waals surface area contributed by atoms with Crippen LogP contribution >= 0.6 is 15.9 Å². The van der Waals surface area contributed by atoms with Crippen molar-refractivity contribution in [3.63, 3.8) is 0 Å². The SMILES string of the molecule is CCC1CN(c2ccc(Br)cc2C)C(CC)CN1. The van der Waals surface area contributed by atoms with Crippen LogP contribution in [0.5, 0.6) is 0 Å². The largest absolute Gasteiger partial charge is 0.366 e. The summed E-state index contributed by atoms with van der Waals surface area (Å²) in [5, 5.41) is 3.65. The highest BCUT2D eigenvalue weighted by molar-refractivity contribution is 9.10. The van der Waals surface area contributed by atoms with Gasteiger partial charge in [-0.15, -0.1) is 0 Å². The monoisotopic (exact) mass is 310 g/mol. The number of anilines is 1. The molecular weight excluding hydrogens is 288 g/mol. The van der Waals surface area contributed by atoms with Crippen molar-refractivity contribution < 1.29 is 0 Å². The second kappa shape index (κ2) is 6.07. The molecule has 0 amide bonds. The highest BCUT2D eigenvalue weighted by atomic mass is 79.9. The first-order valence-electron chi connectivity index (χ1n) is 6.91. The zero-order chi connectivity index (χ0) is 13.1. The zero-order valence-electron chi connectivity index (χ0n) is 11.5. The first kappa shape index (κ1) is 13.9. The van der Waals surface area contributed by atoms with Crippen LogP contribution in [0.1, 0.15) is 32.3 Å². The van der Waals surface area contributed by atoms with Crippen LogP contribution in [0.2, 0.25) is 0 Å².